The van der Waals surface area contributed by atoms with Gasteiger partial charge in [-0.15, -0.1) is 0 Å². The van der Waals surface area contributed by atoms with E-state index in [1.165, 1.54) is 0 Å². The van der Waals surface area contributed by atoms with Gasteiger partial charge in [-0.3, -0.25) is 9.59 Å². The summed E-state index contributed by atoms with van der Waals surface area (Å²) in [6.45, 7) is 4.20. The van der Waals surface area contributed by atoms with Crippen LogP contribution in [0.4, 0.5) is 5.69 Å². The van der Waals surface area contributed by atoms with Crippen molar-refractivity contribution in [1.82, 2.24) is 10.3 Å². The Morgan fingerprint density at radius 2 is 1.43 bits per heavy atom. The van der Waals surface area contributed by atoms with E-state index in [0.29, 0.717) is 11.6 Å². The summed E-state index contributed by atoms with van der Waals surface area (Å²) in [5, 5.41) is 6.31. The second-order valence-corrected chi connectivity index (χ2v) is 6.87. The quantitative estimate of drug-likeness (QED) is 0.668. The number of hydrogen-bond donors (Lipinski definition) is 2. The van der Waals surface area contributed by atoms with Gasteiger partial charge >= 0.3 is 0 Å². The van der Waals surface area contributed by atoms with Gasteiger partial charge in [0, 0.05) is 17.3 Å². The summed E-state index contributed by atoms with van der Waals surface area (Å²) < 4.78 is 0. The summed E-state index contributed by atoms with van der Waals surface area (Å²) in [5.74, 6) is -0.707. The first-order valence-electron chi connectivity index (χ1n) is 8.81. The molecular weight excluding hydrogens is 374 g/mol. The number of carbonyl (C=O) groups excluding carboxylic acids is 2. The van der Waals surface area contributed by atoms with Gasteiger partial charge in [-0.2, -0.15) is 0 Å². The van der Waals surface area contributed by atoms with Gasteiger partial charge in [-0.25, -0.2) is 4.98 Å². The van der Waals surface area contributed by atoms with Crippen LogP contribution in [0, 0.1) is 13.8 Å². The Kier molecular flexibility index (Phi) is 6.06. The summed E-state index contributed by atoms with van der Waals surface area (Å²) in [6.07, 6.45) is 0. The Labute approximate surface area is 168 Å². The fourth-order valence-corrected chi connectivity index (χ4v) is 2.88. The minimum Gasteiger partial charge on any atom is -0.347 e. The van der Waals surface area contributed by atoms with E-state index in [9.17, 15) is 9.59 Å². The van der Waals surface area contributed by atoms with Crippen LogP contribution >= 0.6 is 11.6 Å². The number of hydrogen-bond acceptors (Lipinski definition) is 3. The fraction of sp³-hybridized carbons (Fsp3) is 0.136. The predicted octanol–water partition coefficient (Wildman–Crippen LogP) is 4.53. The van der Waals surface area contributed by atoms with E-state index in [1.54, 1.807) is 30.3 Å². The van der Waals surface area contributed by atoms with Crippen LogP contribution in [0.5, 0.6) is 0 Å². The van der Waals surface area contributed by atoms with E-state index in [1.807, 2.05) is 44.2 Å². The molecule has 3 rings (SSSR count). The zero-order valence-corrected chi connectivity index (χ0v) is 16.4. The van der Waals surface area contributed by atoms with E-state index in [2.05, 4.69) is 15.6 Å². The maximum absolute atomic E-state index is 12.6. The number of rotatable bonds is 5. The third-order valence-corrected chi connectivity index (χ3v) is 4.55. The molecule has 6 heteroatoms. The molecular formula is C22H20ClN3O2. The monoisotopic (exact) mass is 393 g/mol. The number of nitrogens with zero attached hydrogens (tertiary/aromatic N) is 1. The van der Waals surface area contributed by atoms with Crippen molar-refractivity contribution in [3.63, 3.8) is 0 Å². The van der Waals surface area contributed by atoms with Crippen LogP contribution < -0.4 is 10.6 Å². The van der Waals surface area contributed by atoms with Crippen molar-refractivity contribution in [3.05, 3.63) is 93.8 Å². The maximum Gasteiger partial charge on any atom is 0.274 e. The molecule has 28 heavy (non-hydrogen) atoms. The number of aryl methyl sites for hydroxylation is 2. The number of nitrogens with one attached hydrogen (secondary N) is 2. The molecule has 0 saturated heterocycles. The van der Waals surface area contributed by atoms with Crippen molar-refractivity contribution in [1.29, 1.82) is 0 Å². The van der Waals surface area contributed by atoms with Crippen LogP contribution in [0.15, 0.2) is 60.7 Å². The summed E-state index contributed by atoms with van der Waals surface area (Å²) in [7, 11) is 0. The summed E-state index contributed by atoms with van der Waals surface area (Å²) >= 11 is 5.86. The molecule has 0 atom stereocenters. The number of pyridine rings is 1. The third kappa shape index (κ3) is 4.75. The van der Waals surface area contributed by atoms with Crippen molar-refractivity contribution >= 4 is 29.1 Å². The topological polar surface area (TPSA) is 71.1 Å². The Hall–Kier alpha value is -3.18. The largest absolute Gasteiger partial charge is 0.347 e. The molecule has 0 radical (unpaired) electrons. The van der Waals surface area contributed by atoms with Gasteiger partial charge in [0.1, 0.15) is 11.4 Å². The SMILES string of the molecule is Cc1cccc(C)c1NC(=O)c1cccc(C(=O)NCc2ccc(Cl)cc2)n1. The molecule has 0 saturated carbocycles. The fourth-order valence-electron chi connectivity index (χ4n) is 2.75. The molecule has 1 heterocycles. The lowest BCUT2D eigenvalue weighted by molar-refractivity contribution is 0.0945. The Morgan fingerprint density at radius 1 is 0.857 bits per heavy atom. The molecule has 0 spiro atoms. The average Bonchev–Trinajstić information content (AvgIpc) is 2.70. The van der Waals surface area contributed by atoms with E-state index < -0.39 is 0 Å². The molecule has 2 amide bonds. The third-order valence-electron chi connectivity index (χ3n) is 4.30. The average molecular weight is 394 g/mol. The van der Waals surface area contributed by atoms with E-state index in [0.717, 1.165) is 22.4 Å². The molecule has 0 aliphatic carbocycles. The number of carbonyl (C=O) groups is 2. The van der Waals surface area contributed by atoms with Crippen molar-refractivity contribution in [3.8, 4) is 0 Å². The predicted molar refractivity (Wildman–Crippen MR) is 111 cm³/mol. The van der Waals surface area contributed by atoms with E-state index in [-0.39, 0.29) is 23.2 Å². The summed E-state index contributed by atoms with van der Waals surface area (Å²) in [4.78, 5) is 29.2. The molecule has 142 valence electrons. The summed E-state index contributed by atoms with van der Waals surface area (Å²) in [6, 6.07) is 17.8. The number of benzene rings is 2. The number of aromatic nitrogens is 1. The number of anilines is 1. The van der Waals surface area contributed by atoms with Crippen molar-refractivity contribution in [2.75, 3.05) is 5.32 Å². The normalized spacial score (nSPS) is 10.4. The lowest BCUT2D eigenvalue weighted by Gasteiger charge is -2.11. The molecule has 3 aromatic rings. The molecule has 0 fully saturated rings. The highest BCUT2D eigenvalue weighted by atomic mass is 35.5. The van der Waals surface area contributed by atoms with Crippen LogP contribution in [-0.4, -0.2) is 16.8 Å². The molecule has 5 nitrogen and oxygen atoms in total. The Balaban J connectivity index is 1.69. The van der Waals surface area contributed by atoms with Crippen LogP contribution in [0.3, 0.4) is 0 Å². The molecule has 0 aliphatic heterocycles. The lowest BCUT2D eigenvalue weighted by atomic mass is 10.1. The molecule has 0 aliphatic rings. The highest BCUT2D eigenvalue weighted by Crippen LogP contribution is 2.20. The zero-order chi connectivity index (χ0) is 20.1. The van der Waals surface area contributed by atoms with E-state index in [4.69, 9.17) is 11.6 Å². The standard InChI is InChI=1S/C22H20ClN3O2/c1-14-5-3-6-15(2)20(14)26-22(28)19-8-4-7-18(25-19)21(27)24-13-16-9-11-17(23)12-10-16/h3-12H,13H2,1-2H3,(H,24,27)(H,26,28). The highest BCUT2D eigenvalue weighted by Gasteiger charge is 2.14. The highest BCUT2D eigenvalue weighted by molar-refractivity contribution is 6.30. The van der Waals surface area contributed by atoms with Crippen molar-refractivity contribution in [2.45, 2.75) is 20.4 Å². The molecule has 2 aromatic carbocycles. The first-order valence-corrected chi connectivity index (χ1v) is 9.19. The van der Waals surface area contributed by atoms with E-state index >= 15 is 0 Å². The molecule has 0 bridgehead atoms. The van der Waals surface area contributed by atoms with Gasteiger partial charge in [0.05, 0.1) is 0 Å². The number of para-hydroxylation sites is 1. The van der Waals surface area contributed by atoms with Crippen LogP contribution in [0.25, 0.3) is 0 Å². The number of halogens is 1. The Morgan fingerprint density at radius 3 is 2.07 bits per heavy atom. The minimum atomic E-state index is -0.357. The maximum atomic E-state index is 12.6. The first-order chi connectivity index (χ1) is 13.4. The van der Waals surface area contributed by atoms with Gasteiger partial charge in [0.25, 0.3) is 11.8 Å². The zero-order valence-electron chi connectivity index (χ0n) is 15.6. The van der Waals surface area contributed by atoms with Gasteiger partial charge in [0.15, 0.2) is 0 Å². The molecule has 0 unspecified atom stereocenters. The van der Waals surface area contributed by atoms with Crippen molar-refractivity contribution < 1.29 is 9.59 Å². The van der Waals surface area contributed by atoms with Gasteiger partial charge in [0.2, 0.25) is 0 Å². The smallest absolute Gasteiger partial charge is 0.274 e. The number of amides is 2. The van der Waals surface area contributed by atoms with Crippen LogP contribution in [0.2, 0.25) is 5.02 Å². The van der Waals surface area contributed by atoms with Crippen molar-refractivity contribution in [2.24, 2.45) is 0 Å². The second kappa shape index (κ2) is 8.67. The summed E-state index contributed by atoms with van der Waals surface area (Å²) in [5.41, 5.74) is 3.97. The first kappa shape index (κ1) is 19.6. The molecule has 2 N–H and O–H groups in total. The van der Waals surface area contributed by atoms with Gasteiger partial charge < -0.3 is 10.6 Å². The Bertz CT molecular complexity index is 996. The van der Waals surface area contributed by atoms with Gasteiger partial charge in [-0.05, 0) is 54.8 Å². The molecule has 1 aromatic heterocycles. The second-order valence-electron chi connectivity index (χ2n) is 6.44. The minimum absolute atomic E-state index is 0.182. The van der Waals surface area contributed by atoms with Crippen LogP contribution in [0.1, 0.15) is 37.7 Å². The lowest BCUT2D eigenvalue weighted by Crippen LogP contribution is -2.25. The van der Waals surface area contributed by atoms with Crippen LogP contribution in [-0.2, 0) is 6.54 Å². The van der Waals surface area contributed by atoms with Gasteiger partial charge in [-0.1, -0.05) is 48.0 Å².